The van der Waals surface area contributed by atoms with E-state index in [-0.39, 0.29) is 5.82 Å². The van der Waals surface area contributed by atoms with Crippen molar-refractivity contribution in [2.24, 2.45) is 0 Å². The Morgan fingerprint density at radius 1 is 0.400 bits per heavy atom. The normalized spacial score (nSPS) is 13.9. The molecule has 0 fully saturated rings. The van der Waals surface area contributed by atoms with Gasteiger partial charge in [0.25, 0.3) is 0 Å². The molecule has 0 aromatic heterocycles. The average molecular weight is 527 g/mol. The second kappa shape index (κ2) is 10.1. The van der Waals surface area contributed by atoms with Crippen LogP contribution in [-0.2, 0) is 0 Å². The lowest BCUT2D eigenvalue weighted by Gasteiger charge is -2.33. The number of hydrogen-bond acceptors (Lipinski definition) is 4. The first-order valence-electron chi connectivity index (χ1n) is 13.0. The smallest absolute Gasteiger partial charge is 0.174 e. The molecule has 0 bridgehead atoms. The summed E-state index contributed by atoms with van der Waals surface area (Å²) in [5.74, 6) is 3.45. The lowest BCUT2D eigenvalue weighted by atomic mass is 9.90. The fourth-order valence-corrected chi connectivity index (χ4v) is 4.93. The SMILES string of the molecule is Fc1ccc(C(C2=C(c3ccccc3)Oc3ccccc3O2)C2=C(c3ccccc3)Oc3ccccc3O2)cc1. The van der Waals surface area contributed by atoms with Gasteiger partial charge in [-0.05, 0) is 42.0 Å². The Labute approximate surface area is 231 Å². The van der Waals surface area contributed by atoms with Gasteiger partial charge in [0.05, 0.1) is 0 Å². The number of fused-ring (bicyclic) bond motifs is 2. The van der Waals surface area contributed by atoms with Crippen molar-refractivity contribution < 1.29 is 23.3 Å². The maximum atomic E-state index is 14.2. The van der Waals surface area contributed by atoms with E-state index < -0.39 is 5.92 Å². The number of hydrogen-bond donors (Lipinski definition) is 0. The summed E-state index contributed by atoms with van der Waals surface area (Å²) in [5, 5.41) is 0. The first-order valence-corrected chi connectivity index (χ1v) is 13.0. The number of rotatable bonds is 5. The van der Waals surface area contributed by atoms with Crippen LogP contribution in [0.15, 0.2) is 145 Å². The first-order chi connectivity index (χ1) is 19.7. The molecule has 5 aromatic rings. The van der Waals surface area contributed by atoms with E-state index in [4.69, 9.17) is 18.9 Å². The van der Waals surface area contributed by atoms with E-state index in [1.54, 1.807) is 12.1 Å². The van der Waals surface area contributed by atoms with Crippen molar-refractivity contribution in [1.29, 1.82) is 0 Å². The molecule has 0 spiro atoms. The van der Waals surface area contributed by atoms with Crippen molar-refractivity contribution in [1.82, 2.24) is 0 Å². The summed E-state index contributed by atoms with van der Waals surface area (Å²) in [6.07, 6.45) is 0. The summed E-state index contributed by atoms with van der Waals surface area (Å²) >= 11 is 0. The molecule has 2 heterocycles. The summed E-state index contributed by atoms with van der Waals surface area (Å²) in [6, 6.07) is 40.9. The van der Waals surface area contributed by atoms with E-state index in [0.717, 1.165) is 16.7 Å². The fourth-order valence-electron chi connectivity index (χ4n) is 4.93. The largest absolute Gasteiger partial charge is 0.453 e. The number of benzene rings is 5. The molecule has 0 saturated carbocycles. The molecule has 4 nitrogen and oxygen atoms in total. The molecule has 0 unspecified atom stereocenters. The van der Waals surface area contributed by atoms with Gasteiger partial charge in [-0.15, -0.1) is 0 Å². The molecule has 0 radical (unpaired) electrons. The summed E-state index contributed by atoms with van der Waals surface area (Å²) < 4.78 is 40.5. The average Bonchev–Trinajstić information content (AvgIpc) is 3.02. The van der Waals surface area contributed by atoms with Gasteiger partial charge in [-0.3, -0.25) is 0 Å². The van der Waals surface area contributed by atoms with Crippen LogP contribution in [0.2, 0.25) is 0 Å². The summed E-state index contributed by atoms with van der Waals surface area (Å²) in [4.78, 5) is 0. The van der Waals surface area contributed by atoms with Crippen molar-refractivity contribution >= 4 is 11.5 Å². The van der Waals surface area contributed by atoms with E-state index in [2.05, 4.69) is 0 Å². The number of ether oxygens (including phenoxy) is 4. The summed E-state index contributed by atoms with van der Waals surface area (Å²) in [7, 11) is 0. The Balaban J connectivity index is 1.51. The zero-order valence-electron chi connectivity index (χ0n) is 21.3. The zero-order chi connectivity index (χ0) is 26.9. The van der Waals surface area contributed by atoms with Crippen LogP contribution in [0.5, 0.6) is 23.0 Å². The lowest BCUT2D eigenvalue weighted by molar-refractivity contribution is 0.280. The molecule has 194 valence electrons. The van der Waals surface area contributed by atoms with Crippen LogP contribution in [0.1, 0.15) is 22.6 Å². The molecule has 40 heavy (non-hydrogen) atoms. The van der Waals surface area contributed by atoms with Crippen LogP contribution in [0.25, 0.3) is 11.5 Å². The van der Waals surface area contributed by atoms with E-state index in [1.807, 2.05) is 109 Å². The van der Waals surface area contributed by atoms with Gasteiger partial charge >= 0.3 is 0 Å². The Morgan fingerprint density at radius 3 is 1.20 bits per heavy atom. The van der Waals surface area contributed by atoms with E-state index in [0.29, 0.717) is 46.0 Å². The Bertz CT molecular complexity index is 1630. The number of halogens is 1. The summed E-state index contributed by atoms with van der Waals surface area (Å²) in [6.45, 7) is 0. The monoisotopic (exact) mass is 526 g/mol. The maximum Gasteiger partial charge on any atom is 0.174 e. The van der Waals surface area contributed by atoms with Gasteiger partial charge in [0.2, 0.25) is 0 Å². The molecule has 0 saturated heterocycles. The second-order valence-corrected chi connectivity index (χ2v) is 9.41. The highest BCUT2D eigenvalue weighted by atomic mass is 19.1. The minimum atomic E-state index is -0.646. The molecular formula is C35H23FO4. The van der Waals surface area contributed by atoms with E-state index in [1.165, 1.54) is 12.1 Å². The molecule has 0 N–H and O–H groups in total. The topological polar surface area (TPSA) is 36.9 Å². The van der Waals surface area contributed by atoms with Crippen LogP contribution < -0.4 is 18.9 Å². The molecule has 2 aliphatic rings. The minimum absolute atomic E-state index is 0.339. The predicted octanol–water partition coefficient (Wildman–Crippen LogP) is 8.59. The Kier molecular flexibility index (Phi) is 6.02. The second-order valence-electron chi connectivity index (χ2n) is 9.41. The quantitative estimate of drug-likeness (QED) is 0.230. The Morgan fingerprint density at radius 2 is 0.775 bits per heavy atom. The lowest BCUT2D eigenvalue weighted by Crippen LogP contribution is -2.24. The highest BCUT2D eigenvalue weighted by molar-refractivity contribution is 5.74. The molecule has 5 aromatic carbocycles. The van der Waals surface area contributed by atoms with Gasteiger partial charge in [0.1, 0.15) is 11.7 Å². The Hall–Kier alpha value is -5.29. The van der Waals surface area contributed by atoms with Gasteiger partial charge in [0.15, 0.2) is 46.0 Å². The van der Waals surface area contributed by atoms with Crippen LogP contribution in [0.3, 0.4) is 0 Å². The first kappa shape index (κ1) is 23.8. The molecule has 0 aliphatic carbocycles. The van der Waals surface area contributed by atoms with Gasteiger partial charge in [-0.25, -0.2) is 4.39 Å². The zero-order valence-corrected chi connectivity index (χ0v) is 21.3. The van der Waals surface area contributed by atoms with Crippen LogP contribution in [0, 0.1) is 5.82 Å². The van der Waals surface area contributed by atoms with Gasteiger partial charge in [0, 0.05) is 11.1 Å². The van der Waals surface area contributed by atoms with Crippen LogP contribution in [-0.4, -0.2) is 0 Å². The molecule has 5 heteroatoms. The third-order valence-electron chi connectivity index (χ3n) is 6.81. The van der Waals surface area contributed by atoms with Crippen molar-refractivity contribution in [3.05, 3.63) is 167 Å². The highest BCUT2D eigenvalue weighted by Gasteiger charge is 2.38. The van der Waals surface area contributed by atoms with Crippen molar-refractivity contribution in [3.8, 4) is 23.0 Å². The van der Waals surface area contributed by atoms with Gasteiger partial charge in [-0.2, -0.15) is 0 Å². The molecule has 0 amide bonds. The van der Waals surface area contributed by atoms with Crippen molar-refractivity contribution in [2.75, 3.05) is 0 Å². The minimum Gasteiger partial charge on any atom is -0.453 e. The third-order valence-corrected chi connectivity index (χ3v) is 6.81. The predicted molar refractivity (Wildman–Crippen MR) is 151 cm³/mol. The standard InChI is InChI=1S/C35H23FO4/c36-26-21-19-23(20-22-26)31(34-32(24-11-3-1-4-12-24)37-27-15-7-9-17-29(27)39-34)35-33(25-13-5-2-6-14-25)38-28-16-8-10-18-30(28)40-35/h1-22,31H. The molecule has 0 atom stereocenters. The molecule has 2 aliphatic heterocycles. The van der Waals surface area contributed by atoms with Gasteiger partial charge in [-0.1, -0.05) is 97.1 Å². The number of para-hydroxylation sites is 4. The fraction of sp³-hybridized carbons (Fsp3) is 0.0286. The van der Waals surface area contributed by atoms with Crippen molar-refractivity contribution in [3.63, 3.8) is 0 Å². The molecule has 7 rings (SSSR count). The highest BCUT2D eigenvalue weighted by Crippen LogP contribution is 2.49. The van der Waals surface area contributed by atoms with Crippen molar-refractivity contribution in [2.45, 2.75) is 5.92 Å². The maximum absolute atomic E-state index is 14.2. The van der Waals surface area contributed by atoms with E-state index >= 15 is 0 Å². The third kappa shape index (κ3) is 4.37. The van der Waals surface area contributed by atoms with Gasteiger partial charge < -0.3 is 18.9 Å². The van der Waals surface area contributed by atoms with E-state index in [9.17, 15) is 4.39 Å². The molecular weight excluding hydrogens is 503 g/mol. The van der Waals surface area contributed by atoms with Crippen LogP contribution in [0.4, 0.5) is 4.39 Å². The summed E-state index contributed by atoms with van der Waals surface area (Å²) in [5.41, 5.74) is 2.41. The van der Waals surface area contributed by atoms with Crippen LogP contribution >= 0.6 is 0 Å².